The summed E-state index contributed by atoms with van der Waals surface area (Å²) in [6.07, 6.45) is 9.31. The van der Waals surface area contributed by atoms with Gasteiger partial charge in [0.1, 0.15) is 0 Å². The van der Waals surface area contributed by atoms with Crippen LogP contribution in [0.2, 0.25) is 0 Å². The third-order valence-electron chi connectivity index (χ3n) is 5.88. The highest BCUT2D eigenvalue weighted by Gasteiger charge is 2.24. The van der Waals surface area contributed by atoms with Crippen molar-refractivity contribution in [1.29, 1.82) is 0 Å². The van der Waals surface area contributed by atoms with Crippen molar-refractivity contribution >= 4 is 21.8 Å². The van der Waals surface area contributed by atoms with Gasteiger partial charge in [0, 0.05) is 29.5 Å². The number of aromatic nitrogens is 1. The summed E-state index contributed by atoms with van der Waals surface area (Å²) in [5, 5.41) is 3.03. The molecule has 1 aliphatic carbocycles. The Kier molecular flexibility index (Phi) is 7.17. The molecule has 4 heteroatoms. The fourth-order valence-corrected chi connectivity index (χ4v) is 4.50. The lowest BCUT2D eigenvalue weighted by Crippen LogP contribution is -2.25. The molecule has 2 aromatic rings. The van der Waals surface area contributed by atoms with Crippen LogP contribution in [-0.4, -0.2) is 17.0 Å². The molecule has 2 atom stereocenters. The maximum atomic E-state index is 12.4. The maximum absolute atomic E-state index is 12.4. The van der Waals surface area contributed by atoms with E-state index in [2.05, 4.69) is 70.1 Å². The van der Waals surface area contributed by atoms with Crippen molar-refractivity contribution in [2.75, 3.05) is 6.54 Å². The zero-order chi connectivity index (χ0) is 19.2. The van der Waals surface area contributed by atoms with Crippen molar-refractivity contribution in [3.8, 4) is 0 Å². The molecule has 146 valence electrons. The first-order valence-corrected chi connectivity index (χ1v) is 11.1. The summed E-state index contributed by atoms with van der Waals surface area (Å²) >= 11 is 3.53. The van der Waals surface area contributed by atoms with Crippen LogP contribution >= 0.6 is 15.9 Å². The van der Waals surface area contributed by atoms with E-state index in [-0.39, 0.29) is 5.91 Å². The average molecular weight is 431 g/mol. The largest absolute Gasteiger partial charge is 0.352 e. The van der Waals surface area contributed by atoms with Gasteiger partial charge in [-0.25, -0.2) is 0 Å². The molecule has 1 amide bonds. The van der Waals surface area contributed by atoms with Crippen molar-refractivity contribution in [3.63, 3.8) is 0 Å². The third kappa shape index (κ3) is 5.25. The summed E-state index contributed by atoms with van der Waals surface area (Å²) in [5.41, 5.74) is 3.38. The van der Waals surface area contributed by atoms with E-state index in [1.807, 2.05) is 6.07 Å². The molecule has 1 aromatic carbocycles. The molecule has 3 nitrogen and oxygen atoms in total. The molecule has 2 unspecified atom stereocenters. The van der Waals surface area contributed by atoms with Gasteiger partial charge in [-0.1, -0.05) is 47.8 Å². The summed E-state index contributed by atoms with van der Waals surface area (Å²) in [5.74, 6) is 1.40. The van der Waals surface area contributed by atoms with E-state index in [0.717, 1.165) is 41.7 Å². The second kappa shape index (κ2) is 9.59. The predicted molar refractivity (Wildman–Crippen MR) is 115 cm³/mol. The number of unbranched alkanes of at least 4 members (excludes halogenated alkanes) is 1. The van der Waals surface area contributed by atoms with Gasteiger partial charge in [-0.05, 0) is 68.2 Å². The summed E-state index contributed by atoms with van der Waals surface area (Å²) in [6.45, 7) is 5.99. The van der Waals surface area contributed by atoms with Gasteiger partial charge in [0.2, 0.25) is 0 Å². The smallest absolute Gasteiger partial charge is 0.253 e. The quantitative estimate of drug-likeness (QED) is 0.531. The van der Waals surface area contributed by atoms with Gasteiger partial charge < -0.3 is 9.88 Å². The highest BCUT2D eigenvalue weighted by atomic mass is 79.9. The minimum atomic E-state index is 0.0658. The Bertz CT molecular complexity index is 750. The first-order valence-electron chi connectivity index (χ1n) is 10.3. The van der Waals surface area contributed by atoms with Gasteiger partial charge in [0.15, 0.2) is 0 Å². The number of nitrogens with zero attached hydrogens (tertiary/aromatic N) is 1. The van der Waals surface area contributed by atoms with Crippen molar-refractivity contribution in [2.45, 2.75) is 64.8 Å². The fraction of sp³-hybridized carbons (Fsp3) is 0.522. The number of carbonyl (C=O) groups is 1. The van der Waals surface area contributed by atoms with E-state index in [0.29, 0.717) is 11.8 Å². The lowest BCUT2D eigenvalue weighted by molar-refractivity contribution is 0.0952. The molecular formula is C23H31BrN2O. The van der Waals surface area contributed by atoms with E-state index in [4.69, 9.17) is 0 Å². The normalized spacial score (nSPS) is 19.8. The molecule has 1 N–H and O–H groups in total. The van der Waals surface area contributed by atoms with Crippen LogP contribution in [0.15, 0.2) is 41.0 Å². The topological polar surface area (TPSA) is 34.0 Å². The summed E-state index contributed by atoms with van der Waals surface area (Å²) in [4.78, 5) is 12.4. The van der Waals surface area contributed by atoms with Crippen molar-refractivity contribution in [3.05, 3.63) is 57.8 Å². The summed E-state index contributed by atoms with van der Waals surface area (Å²) in [6, 6.07) is 10.8. The molecule has 3 rings (SSSR count). The SMILES string of the molecule is CCCCNC(=O)c1ccn(CC2CCCC(c3ccc(Br)cc3)C2)c1C. The Morgan fingerprint density at radius 1 is 1.22 bits per heavy atom. The molecule has 0 saturated heterocycles. The third-order valence-corrected chi connectivity index (χ3v) is 6.41. The number of nitrogens with one attached hydrogen (secondary N) is 1. The molecule has 0 bridgehead atoms. The van der Waals surface area contributed by atoms with Gasteiger partial charge in [-0.2, -0.15) is 0 Å². The van der Waals surface area contributed by atoms with Gasteiger partial charge >= 0.3 is 0 Å². The van der Waals surface area contributed by atoms with Crippen molar-refractivity contribution in [2.24, 2.45) is 5.92 Å². The lowest BCUT2D eigenvalue weighted by atomic mass is 9.78. The standard InChI is InChI=1S/C23H31BrN2O/c1-3-4-13-25-23(27)22-12-14-26(17(22)2)16-18-6-5-7-20(15-18)19-8-10-21(24)11-9-19/h8-12,14,18,20H,3-7,13,15-16H2,1-2H3,(H,25,27). The number of carbonyl (C=O) groups excluding carboxylic acids is 1. The Morgan fingerprint density at radius 2 is 2.00 bits per heavy atom. The maximum Gasteiger partial charge on any atom is 0.253 e. The van der Waals surface area contributed by atoms with E-state index in [1.165, 1.54) is 31.2 Å². The Labute approximate surface area is 171 Å². The van der Waals surface area contributed by atoms with Gasteiger partial charge in [0.05, 0.1) is 5.56 Å². The molecule has 1 aliphatic rings. The number of rotatable bonds is 7. The van der Waals surface area contributed by atoms with Crippen LogP contribution in [0.3, 0.4) is 0 Å². The first kappa shape index (κ1) is 20.2. The van der Waals surface area contributed by atoms with E-state index >= 15 is 0 Å². The molecule has 27 heavy (non-hydrogen) atoms. The Balaban J connectivity index is 1.61. The van der Waals surface area contributed by atoms with Crippen molar-refractivity contribution in [1.82, 2.24) is 9.88 Å². The molecule has 0 radical (unpaired) electrons. The van der Waals surface area contributed by atoms with Gasteiger partial charge in [-0.3, -0.25) is 4.79 Å². The molecule has 0 aliphatic heterocycles. The van der Waals surface area contributed by atoms with E-state index in [9.17, 15) is 4.79 Å². The number of hydrogen-bond donors (Lipinski definition) is 1. The highest BCUT2D eigenvalue weighted by Crippen LogP contribution is 2.37. The number of hydrogen-bond acceptors (Lipinski definition) is 1. The molecule has 1 aromatic heterocycles. The minimum absolute atomic E-state index is 0.0658. The zero-order valence-electron chi connectivity index (χ0n) is 16.5. The fourth-order valence-electron chi connectivity index (χ4n) is 4.24. The molecule has 1 heterocycles. The van der Waals surface area contributed by atoms with Crippen LogP contribution in [0.4, 0.5) is 0 Å². The van der Waals surface area contributed by atoms with E-state index < -0.39 is 0 Å². The molecule has 1 saturated carbocycles. The van der Waals surface area contributed by atoms with Crippen molar-refractivity contribution < 1.29 is 4.79 Å². The Morgan fingerprint density at radius 3 is 2.74 bits per heavy atom. The highest BCUT2D eigenvalue weighted by molar-refractivity contribution is 9.10. The van der Waals surface area contributed by atoms with E-state index in [1.54, 1.807) is 0 Å². The minimum Gasteiger partial charge on any atom is -0.352 e. The molecule has 0 spiro atoms. The monoisotopic (exact) mass is 430 g/mol. The second-order valence-electron chi connectivity index (χ2n) is 7.86. The molecular weight excluding hydrogens is 400 g/mol. The van der Waals surface area contributed by atoms with Gasteiger partial charge in [0.25, 0.3) is 5.91 Å². The lowest BCUT2D eigenvalue weighted by Gasteiger charge is -2.30. The summed E-state index contributed by atoms with van der Waals surface area (Å²) in [7, 11) is 0. The number of amides is 1. The van der Waals surface area contributed by atoms with Crippen LogP contribution in [0, 0.1) is 12.8 Å². The van der Waals surface area contributed by atoms with Crippen LogP contribution < -0.4 is 5.32 Å². The number of benzene rings is 1. The molecule has 1 fully saturated rings. The first-order chi connectivity index (χ1) is 13.1. The zero-order valence-corrected chi connectivity index (χ0v) is 18.1. The number of halogens is 1. The van der Waals surface area contributed by atoms with Gasteiger partial charge in [-0.15, -0.1) is 0 Å². The summed E-state index contributed by atoms with van der Waals surface area (Å²) < 4.78 is 3.43. The predicted octanol–water partition coefficient (Wildman–Crippen LogP) is 6.06. The van der Waals surface area contributed by atoms with Crippen LogP contribution in [0.25, 0.3) is 0 Å². The van der Waals surface area contributed by atoms with Crippen LogP contribution in [0.5, 0.6) is 0 Å². The Hall–Kier alpha value is -1.55. The average Bonchev–Trinajstić information content (AvgIpc) is 3.03. The second-order valence-corrected chi connectivity index (χ2v) is 8.77. The van der Waals surface area contributed by atoms with Crippen LogP contribution in [0.1, 0.15) is 73.0 Å². The van der Waals surface area contributed by atoms with Crippen LogP contribution in [-0.2, 0) is 6.54 Å².